The lowest BCUT2D eigenvalue weighted by Gasteiger charge is -2.26. The zero-order chi connectivity index (χ0) is 37.4. The lowest BCUT2D eigenvalue weighted by molar-refractivity contribution is -0.130. The van der Waals surface area contributed by atoms with E-state index in [-0.39, 0.29) is 31.3 Å². The van der Waals surface area contributed by atoms with Crippen molar-refractivity contribution >= 4 is 50.1 Å². The number of carbonyl (C=O) groups is 3. The molecule has 2 aliphatic carbocycles. The van der Waals surface area contributed by atoms with Crippen molar-refractivity contribution in [3.8, 4) is 22.2 Å². The molecule has 1 aliphatic heterocycles. The Hall–Kier alpha value is -4.24. The third-order valence-electron chi connectivity index (χ3n) is 10.4. The number of benzene rings is 1. The number of fused-ring (bicyclic) bond motifs is 2. The molecule has 0 radical (unpaired) electrons. The number of rotatable bonds is 10. The molecule has 3 aromatic rings. The predicted molar refractivity (Wildman–Crippen MR) is 200 cm³/mol. The van der Waals surface area contributed by atoms with Gasteiger partial charge >= 0.3 is 6.03 Å². The maximum absolute atomic E-state index is 14.0. The quantitative estimate of drug-likeness (QED) is 0.236. The smallest absolute Gasteiger partial charge is 0.317 e. The first-order valence-electron chi connectivity index (χ1n) is 17.8. The van der Waals surface area contributed by atoms with Crippen molar-refractivity contribution in [2.24, 2.45) is 5.92 Å². The maximum Gasteiger partial charge on any atom is 0.317 e. The third-order valence-corrected chi connectivity index (χ3v) is 13.4. The van der Waals surface area contributed by atoms with Gasteiger partial charge in [0.15, 0.2) is 0 Å². The van der Waals surface area contributed by atoms with Gasteiger partial charge in [-0.05, 0) is 70.4 Å². The molecule has 2 saturated carbocycles. The second-order valence-corrected chi connectivity index (χ2v) is 17.7. The molecular weight excluding hydrogens is 705 g/mol. The highest BCUT2D eigenvalue weighted by molar-refractivity contribution is 7.91. The van der Waals surface area contributed by atoms with Crippen molar-refractivity contribution in [1.29, 1.82) is 0 Å². The van der Waals surface area contributed by atoms with Crippen molar-refractivity contribution in [2.45, 2.75) is 94.9 Å². The van der Waals surface area contributed by atoms with Gasteiger partial charge in [-0.3, -0.25) is 14.3 Å². The van der Waals surface area contributed by atoms with Gasteiger partial charge in [0.25, 0.3) is 5.91 Å². The monoisotopic (exact) mass is 752 g/mol. The van der Waals surface area contributed by atoms with E-state index in [1.165, 1.54) is 16.2 Å². The van der Waals surface area contributed by atoms with E-state index in [1.54, 1.807) is 21.1 Å². The number of aryl methyl sites for hydroxylation is 1. The van der Waals surface area contributed by atoms with Crippen LogP contribution < -0.4 is 24.8 Å². The van der Waals surface area contributed by atoms with Gasteiger partial charge in [-0.1, -0.05) is 26.0 Å². The fraction of sp³-hybridized carbons (Fsp3) is 0.541. The Morgan fingerprint density at radius 2 is 1.94 bits per heavy atom. The fourth-order valence-corrected chi connectivity index (χ4v) is 8.61. The van der Waals surface area contributed by atoms with Crippen molar-refractivity contribution < 1.29 is 32.3 Å². The normalized spacial score (nSPS) is 23.9. The topological polar surface area (TPSA) is 169 Å². The number of hydrogen-bond donors (Lipinski definition) is 3. The zero-order valence-corrected chi connectivity index (χ0v) is 32.2. The first-order valence-corrected chi connectivity index (χ1v) is 20.2. The molecule has 0 saturated heterocycles. The summed E-state index contributed by atoms with van der Waals surface area (Å²) in [5, 5.41) is 9.20. The van der Waals surface area contributed by atoms with Crippen LogP contribution >= 0.6 is 11.3 Å². The number of methoxy groups -OCH3 is 1. The van der Waals surface area contributed by atoms with Crippen LogP contribution in [0.4, 0.5) is 4.79 Å². The molecule has 15 heteroatoms. The summed E-state index contributed by atoms with van der Waals surface area (Å²) < 4.78 is 39.3. The number of pyridine rings is 1. The van der Waals surface area contributed by atoms with E-state index in [0.717, 1.165) is 40.9 Å². The molecule has 2 aromatic heterocycles. The van der Waals surface area contributed by atoms with Gasteiger partial charge in [0.1, 0.15) is 33.8 Å². The summed E-state index contributed by atoms with van der Waals surface area (Å²) in [5.41, 5.74) is 1.67. The number of thiazole rings is 1. The molecule has 2 fully saturated rings. The van der Waals surface area contributed by atoms with Gasteiger partial charge in [0.05, 0.1) is 29.7 Å². The van der Waals surface area contributed by atoms with E-state index in [9.17, 15) is 22.8 Å². The number of aromatic nitrogens is 2. The van der Waals surface area contributed by atoms with E-state index >= 15 is 0 Å². The van der Waals surface area contributed by atoms with E-state index in [4.69, 9.17) is 19.4 Å². The predicted octanol–water partition coefficient (Wildman–Crippen LogP) is 5.19. The Kier molecular flexibility index (Phi) is 10.6. The number of hydrogen-bond acceptors (Lipinski definition) is 10. The van der Waals surface area contributed by atoms with Crippen molar-refractivity contribution in [3.63, 3.8) is 0 Å². The van der Waals surface area contributed by atoms with Crippen LogP contribution in [0.3, 0.4) is 0 Å². The molecule has 3 N–H and O–H groups in total. The lowest BCUT2D eigenvalue weighted by Crippen LogP contribution is -2.58. The Morgan fingerprint density at radius 3 is 2.63 bits per heavy atom. The number of sulfonamides is 1. The molecule has 52 heavy (non-hydrogen) atoms. The highest BCUT2D eigenvalue weighted by Gasteiger charge is 2.62. The van der Waals surface area contributed by atoms with Crippen LogP contribution in [0.5, 0.6) is 11.5 Å². The number of urea groups is 1. The van der Waals surface area contributed by atoms with Crippen LogP contribution in [0.2, 0.25) is 0 Å². The fourth-order valence-electron chi connectivity index (χ4n) is 6.36. The summed E-state index contributed by atoms with van der Waals surface area (Å²) in [7, 11) is -0.666. The first kappa shape index (κ1) is 37.5. The van der Waals surface area contributed by atoms with Crippen molar-refractivity contribution in [3.05, 3.63) is 47.0 Å². The summed E-state index contributed by atoms with van der Waals surface area (Å²) >= 11 is 1.50. The molecule has 6 rings (SSSR count). The molecule has 4 amide bonds. The minimum absolute atomic E-state index is 0.0239. The van der Waals surface area contributed by atoms with Crippen LogP contribution in [0.1, 0.15) is 82.9 Å². The van der Waals surface area contributed by atoms with E-state index < -0.39 is 44.2 Å². The van der Waals surface area contributed by atoms with Crippen molar-refractivity contribution in [2.75, 3.05) is 27.3 Å². The molecule has 0 bridgehead atoms. The molecule has 13 nitrogen and oxygen atoms in total. The summed E-state index contributed by atoms with van der Waals surface area (Å²) in [6.45, 7) is 8.22. The van der Waals surface area contributed by atoms with E-state index in [1.807, 2.05) is 42.7 Å². The zero-order valence-electron chi connectivity index (χ0n) is 30.6. The van der Waals surface area contributed by atoms with Gasteiger partial charge < -0.3 is 25.0 Å². The van der Waals surface area contributed by atoms with Crippen LogP contribution in [0.25, 0.3) is 21.6 Å². The van der Waals surface area contributed by atoms with Gasteiger partial charge in [0, 0.05) is 48.3 Å². The summed E-state index contributed by atoms with van der Waals surface area (Å²) in [5.74, 6) is -0.300. The van der Waals surface area contributed by atoms with Crippen LogP contribution in [-0.4, -0.2) is 84.8 Å². The van der Waals surface area contributed by atoms with Crippen molar-refractivity contribution in [1.82, 2.24) is 30.2 Å². The molecule has 3 unspecified atom stereocenters. The Labute approximate surface area is 309 Å². The molecular formula is C37H48N6O7S2. The summed E-state index contributed by atoms with van der Waals surface area (Å²) in [6.07, 6.45) is 7.37. The van der Waals surface area contributed by atoms with E-state index in [2.05, 4.69) is 29.2 Å². The Bertz CT molecular complexity index is 2010. The Balaban J connectivity index is 1.27. The largest absolute Gasteiger partial charge is 0.496 e. The molecule has 280 valence electrons. The van der Waals surface area contributed by atoms with Gasteiger partial charge in [-0.25, -0.2) is 23.2 Å². The Morgan fingerprint density at radius 1 is 1.17 bits per heavy atom. The number of nitrogens with zero attached hydrogens (tertiary/aromatic N) is 3. The number of ether oxygens (including phenoxy) is 2. The minimum atomic E-state index is -3.94. The number of allylic oxidation sites excluding steroid dienone is 1. The summed E-state index contributed by atoms with van der Waals surface area (Å²) in [4.78, 5) is 52.3. The van der Waals surface area contributed by atoms with Crippen LogP contribution in [-0.2, 0) is 19.6 Å². The molecule has 0 spiro atoms. The molecule has 3 atom stereocenters. The SMILES string of the molecule is COc1ccc2c(OCCC3NC(=O)N(C)CCCC/C=C\C4CC4(C(=O)NS(=O)(=O)C4(C)CC4)NC3=O)cc(-c3nc(C(C)C)cs3)nc2c1C. The summed E-state index contributed by atoms with van der Waals surface area (Å²) in [6, 6.07) is 4.03. The molecule has 1 aromatic carbocycles. The molecule has 3 aliphatic rings. The average Bonchev–Trinajstić information content (AvgIpc) is 3.96. The van der Waals surface area contributed by atoms with Crippen LogP contribution in [0, 0.1) is 12.8 Å². The van der Waals surface area contributed by atoms with Gasteiger partial charge in [-0.2, -0.15) is 0 Å². The average molecular weight is 753 g/mol. The second kappa shape index (κ2) is 14.6. The minimum Gasteiger partial charge on any atom is -0.496 e. The number of nitrogens with one attached hydrogen (secondary N) is 3. The van der Waals surface area contributed by atoms with E-state index in [0.29, 0.717) is 42.1 Å². The third kappa shape index (κ3) is 7.61. The van der Waals surface area contributed by atoms with Gasteiger partial charge in [0.2, 0.25) is 15.9 Å². The molecule has 3 heterocycles. The lowest BCUT2D eigenvalue weighted by atomic mass is 10.1. The van der Waals surface area contributed by atoms with Crippen LogP contribution in [0.15, 0.2) is 35.7 Å². The highest BCUT2D eigenvalue weighted by Crippen LogP contribution is 2.47. The first-order chi connectivity index (χ1) is 24.7. The highest BCUT2D eigenvalue weighted by atomic mass is 32.2. The van der Waals surface area contributed by atoms with Gasteiger partial charge in [-0.15, -0.1) is 11.3 Å². The second-order valence-electron chi connectivity index (χ2n) is 14.7. The standard InChI is InChI=1S/C37H48N6O7S2/c1-22(2)28-21-51-33(39-28)27-19-30(25-12-13-29(49-6)23(3)31(25)38-27)50-18-14-26-32(44)41-37(34(45)42-52(47,48)36(4)15-16-36)20-24(37)11-9-7-8-10-17-43(5)35(46)40-26/h9,11-13,19,21-22,24,26H,7-8,10,14-18,20H2,1-6H3,(H,40,46)(H,41,44)(H,42,45)/b11-9-. The number of carbonyl (C=O) groups excluding carboxylic acids is 3. The maximum atomic E-state index is 14.0. The number of amides is 4.